The third-order valence-electron chi connectivity index (χ3n) is 3.02. The Morgan fingerprint density at radius 2 is 2.15 bits per heavy atom. The highest BCUT2D eigenvalue weighted by molar-refractivity contribution is 7.89. The molecule has 0 aromatic carbocycles. The van der Waals surface area contributed by atoms with Crippen LogP contribution in [0.25, 0.3) is 0 Å². The van der Waals surface area contributed by atoms with Gasteiger partial charge in [0.05, 0.1) is 6.54 Å². The van der Waals surface area contributed by atoms with Crippen LogP contribution in [0.15, 0.2) is 17.2 Å². The third kappa shape index (κ3) is 3.85. The van der Waals surface area contributed by atoms with Gasteiger partial charge in [-0.15, -0.1) is 6.42 Å². The molecule has 0 amide bonds. The summed E-state index contributed by atoms with van der Waals surface area (Å²) in [5, 5.41) is 3.19. The molecule has 0 aliphatic heterocycles. The molecule has 0 radical (unpaired) electrons. The van der Waals surface area contributed by atoms with Crippen molar-refractivity contribution in [3.05, 3.63) is 18.0 Å². The fourth-order valence-corrected chi connectivity index (χ4v) is 3.47. The average Bonchev–Trinajstić information content (AvgIpc) is 2.78. The smallest absolute Gasteiger partial charge is 0.245 e. The molecule has 1 N–H and O–H groups in total. The lowest BCUT2D eigenvalue weighted by atomic mass is 10.4. The number of aromatic nitrogens is 1. The molecule has 0 saturated heterocycles. The highest BCUT2D eigenvalue weighted by atomic mass is 32.2. The standard InChI is InChI=1S/C14H23N3O2S/c1-5-8-17(9-6-2)20(18,19)14-10-13(11-15-7-3)16(4)12-14/h1,10,12,15H,6-9,11H2,2-4H3. The van der Waals surface area contributed by atoms with E-state index in [1.165, 1.54) is 4.31 Å². The topological polar surface area (TPSA) is 54.3 Å². The lowest BCUT2D eigenvalue weighted by molar-refractivity contribution is 0.445. The van der Waals surface area contributed by atoms with Crippen molar-refractivity contribution in [2.45, 2.75) is 31.7 Å². The summed E-state index contributed by atoms with van der Waals surface area (Å²) in [6.45, 7) is 5.96. The van der Waals surface area contributed by atoms with E-state index in [4.69, 9.17) is 6.42 Å². The van der Waals surface area contributed by atoms with Crippen LogP contribution in [0.3, 0.4) is 0 Å². The highest BCUT2D eigenvalue weighted by Gasteiger charge is 2.24. The number of terminal acetylenes is 1. The maximum Gasteiger partial charge on any atom is 0.245 e. The summed E-state index contributed by atoms with van der Waals surface area (Å²) in [6, 6.07) is 1.71. The maximum atomic E-state index is 12.5. The summed E-state index contributed by atoms with van der Waals surface area (Å²) in [5.74, 6) is 2.41. The number of hydrogen-bond donors (Lipinski definition) is 1. The van der Waals surface area contributed by atoms with E-state index in [-0.39, 0.29) is 6.54 Å². The molecular weight excluding hydrogens is 274 g/mol. The number of nitrogens with zero attached hydrogens (tertiary/aromatic N) is 2. The van der Waals surface area contributed by atoms with Crippen molar-refractivity contribution in [3.63, 3.8) is 0 Å². The zero-order chi connectivity index (χ0) is 15.2. The second kappa shape index (κ2) is 7.48. The molecule has 20 heavy (non-hydrogen) atoms. The Morgan fingerprint density at radius 1 is 1.45 bits per heavy atom. The van der Waals surface area contributed by atoms with E-state index in [0.29, 0.717) is 18.0 Å². The van der Waals surface area contributed by atoms with Gasteiger partial charge in [0, 0.05) is 32.0 Å². The van der Waals surface area contributed by atoms with Gasteiger partial charge in [0.25, 0.3) is 0 Å². The first-order valence-electron chi connectivity index (χ1n) is 6.76. The summed E-state index contributed by atoms with van der Waals surface area (Å²) in [5.41, 5.74) is 0.933. The van der Waals surface area contributed by atoms with E-state index >= 15 is 0 Å². The zero-order valence-corrected chi connectivity index (χ0v) is 13.2. The van der Waals surface area contributed by atoms with Crippen molar-refractivity contribution in [2.75, 3.05) is 19.6 Å². The molecule has 5 nitrogen and oxygen atoms in total. The lowest BCUT2D eigenvalue weighted by Gasteiger charge is -2.18. The van der Waals surface area contributed by atoms with Gasteiger partial charge in [-0.25, -0.2) is 8.42 Å². The monoisotopic (exact) mass is 297 g/mol. The lowest BCUT2D eigenvalue weighted by Crippen LogP contribution is -2.32. The van der Waals surface area contributed by atoms with E-state index in [1.807, 2.05) is 25.5 Å². The molecule has 0 aliphatic carbocycles. The van der Waals surface area contributed by atoms with E-state index in [0.717, 1.165) is 18.7 Å². The SMILES string of the molecule is C#CCN(CCC)S(=O)(=O)c1cc(CNCC)n(C)c1. The summed E-state index contributed by atoms with van der Waals surface area (Å²) in [7, 11) is -1.67. The molecule has 1 aromatic rings. The van der Waals surface area contributed by atoms with Gasteiger partial charge in [0.15, 0.2) is 0 Å². The minimum Gasteiger partial charge on any atom is -0.352 e. The van der Waals surface area contributed by atoms with Crippen LogP contribution in [-0.2, 0) is 23.6 Å². The first kappa shape index (κ1) is 16.8. The van der Waals surface area contributed by atoms with Gasteiger partial charge in [0.2, 0.25) is 10.0 Å². The molecule has 0 spiro atoms. The van der Waals surface area contributed by atoms with E-state index < -0.39 is 10.0 Å². The number of aryl methyl sites for hydroxylation is 1. The Balaban J connectivity index is 3.05. The molecule has 1 heterocycles. The Hall–Kier alpha value is -1.29. The molecule has 0 unspecified atom stereocenters. The molecule has 112 valence electrons. The fraction of sp³-hybridized carbons (Fsp3) is 0.571. The summed E-state index contributed by atoms with van der Waals surface area (Å²) in [4.78, 5) is 0.302. The van der Waals surface area contributed by atoms with Crippen molar-refractivity contribution in [2.24, 2.45) is 7.05 Å². The molecule has 0 bridgehead atoms. The largest absolute Gasteiger partial charge is 0.352 e. The van der Waals surface area contributed by atoms with Crippen LogP contribution in [-0.4, -0.2) is 36.9 Å². The Kier molecular flexibility index (Phi) is 6.27. The van der Waals surface area contributed by atoms with Crippen molar-refractivity contribution in [1.29, 1.82) is 0 Å². The van der Waals surface area contributed by atoms with Gasteiger partial charge >= 0.3 is 0 Å². The third-order valence-corrected chi connectivity index (χ3v) is 4.83. The normalized spacial score (nSPS) is 11.8. The highest BCUT2D eigenvalue weighted by Crippen LogP contribution is 2.18. The number of hydrogen-bond acceptors (Lipinski definition) is 3. The van der Waals surface area contributed by atoms with Crippen molar-refractivity contribution in [3.8, 4) is 12.3 Å². The van der Waals surface area contributed by atoms with Crippen LogP contribution < -0.4 is 5.32 Å². The Labute approximate surface area is 122 Å². The fourth-order valence-electron chi connectivity index (χ4n) is 1.93. The van der Waals surface area contributed by atoms with Crippen LogP contribution in [0.2, 0.25) is 0 Å². The van der Waals surface area contributed by atoms with Gasteiger partial charge in [-0.1, -0.05) is 19.8 Å². The van der Waals surface area contributed by atoms with Gasteiger partial charge in [-0.2, -0.15) is 4.31 Å². The molecule has 0 saturated carbocycles. The molecular formula is C14H23N3O2S. The second-order valence-electron chi connectivity index (χ2n) is 4.60. The van der Waals surface area contributed by atoms with Crippen LogP contribution in [0.1, 0.15) is 26.0 Å². The average molecular weight is 297 g/mol. The molecule has 0 atom stereocenters. The predicted octanol–water partition coefficient (Wildman–Crippen LogP) is 1.17. The molecule has 1 rings (SSSR count). The summed E-state index contributed by atoms with van der Waals surface area (Å²) >= 11 is 0. The number of sulfonamides is 1. The molecule has 0 aliphatic rings. The van der Waals surface area contributed by atoms with Gasteiger partial charge in [0.1, 0.15) is 4.90 Å². The van der Waals surface area contributed by atoms with Crippen LogP contribution >= 0.6 is 0 Å². The summed E-state index contributed by atoms with van der Waals surface area (Å²) in [6.07, 6.45) is 7.64. The Morgan fingerprint density at radius 3 is 2.70 bits per heavy atom. The predicted molar refractivity (Wildman–Crippen MR) is 80.7 cm³/mol. The summed E-state index contributed by atoms with van der Waals surface area (Å²) < 4.78 is 28.3. The molecule has 0 fully saturated rings. The molecule has 6 heteroatoms. The van der Waals surface area contributed by atoms with E-state index in [9.17, 15) is 8.42 Å². The van der Waals surface area contributed by atoms with Gasteiger partial charge in [-0.05, 0) is 19.0 Å². The Bertz CT molecular complexity index is 570. The maximum absolute atomic E-state index is 12.5. The van der Waals surface area contributed by atoms with Crippen LogP contribution in [0.5, 0.6) is 0 Å². The second-order valence-corrected chi connectivity index (χ2v) is 6.54. The zero-order valence-electron chi connectivity index (χ0n) is 12.4. The van der Waals surface area contributed by atoms with Crippen molar-refractivity contribution >= 4 is 10.0 Å². The first-order valence-corrected chi connectivity index (χ1v) is 8.20. The van der Waals surface area contributed by atoms with Gasteiger partial charge in [-0.3, -0.25) is 0 Å². The van der Waals surface area contributed by atoms with Crippen LogP contribution in [0.4, 0.5) is 0 Å². The minimum absolute atomic E-state index is 0.105. The van der Waals surface area contributed by atoms with Crippen molar-refractivity contribution in [1.82, 2.24) is 14.2 Å². The number of nitrogens with one attached hydrogen (secondary N) is 1. The van der Waals surface area contributed by atoms with Crippen molar-refractivity contribution < 1.29 is 8.42 Å². The molecule has 1 aromatic heterocycles. The quantitative estimate of drug-likeness (QED) is 0.733. The van der Waals surface area contributed by atoms with E-state index in [1.54, 1.807) is 12.3 Å². The number of rotatable bonds is 8. The van der Waals surface area contributed by atoms with Gasteiger partial charge < -0.3 is 9.88 Å². The van der Waals surface area contributed by atoms with E-state index in [2.05, 4.69) is 11.2 Å². The minimum atomic E-state index is -3.51. The van der Waals surface area contributed by atoms with Crippen LogP contribution in [0, 0.1) is 12.3 Å². The first-order chi connectivity index (χ1) is 9.47.